The van der Waals surface area contributed by atoms with Gasteiger partial charge in [-0.3, -0.25) is 0 Å². The van der Waals surface area contributed by atoms with Gasteiger partial charge in [0.15, 0.2) is 10.7 Å². The number of pyridine rings is 2. The van der Waals surface area contributed by atoms with E-state index in [1.807, 2.05) is 25.1 Å². The summed E-state index contributed by atoms with van der Waals surface area (Å²) in [4.78, 5) is 3.99. The number of nitrogens with zero attached hydrogens (tertiary/aromatic N) is 5. The van der Waals surface area contributed by atoms with Crippen LogP contribution in [0.3, 0.4) is 0 Å². The summed E-state index contributed by atoms with van der Waals surface area (Å²) in [5.74, 6) is 0. The summed E-state index contributed by atoms with van der Waals surface area (Å²) >= 11 is 0. The summed E-state index contributed by atoms with van der Waals surface area (Å²) in [7, 11) is -3.81. The minimum absolute atomic E-state index is 0.0311. The number of hydrogen-bond acceptors (Lipinski definition) is 6. The lowest BCUT2D eigenvalue weighted by molar-refractivity contribution is 0.592. The molecule has 0 saturated heterocycles. The minimum atomic E-state index is -3.81. The van der Waals surface area contributed by atoms with Crippen LogP contribution in [0.25, 0.3) is 16.6 Å². The van der Waals surface area contributed by atoms with E-state index in [4.69, 9.17) is 0 Å². The zero-order valence-corrected chi connectivity index (χ0v) is 16.3. The predicted octanol–water partition coefficient (Wildman–Crippen LogP) is 3.62. The first-order chi connectivity index (χ1) is 13.0. The number of rotatable bonds is 3. The summed E-state index contributed by atoms with van der Waals surface area (Å²) in [5.41, 5.74) is 1.98. The Kier molecular flexibility index (Phi) is 5.46. The zero-order valence-electron chi connectivity index (χ0n) is 15.5. The van der Waals surface area contributed by atoms with Crippen LogP contribution >= 0.6 is 0 Å². The second-order valence-corrected chi connectivity index (χ2v) is 8.02. The average Bonchev–Trinajstić information content (AvgIpc) is 3.18. The Hall–Kier alpha value is -2.87. The van der Waals surface area contributed by atoms with Crippen LogP contribution < -0.4 is 0 Å². The van der Waals surface area contributed by atoms with E-state index in [1.54, 1.807) is 18.2 Å². The summed E-state index contributed by atoms with van der Waals surface area (Å²) < 4.78 is 27.2. The highest BCUT2D eigenvalue weighted by Gasteiger charge is 2.25. The summed E-state index contributed by atoms with van der Waals surface area (Å²) in [6.45, 7) is 6.31. The lowest BCUT2D eigenvalue weighted by Gasteiger charge is -2.07. The van der Waals surface area contributed by atoms with Crippen molar-refractivity contribution in [2.75, 3.05) is 0 Å². The van der Waals surface area contributed by atoms with Crippen molar-refractivity contribution in [3.63, 3.8) is 0 Å². The lowest BCUT2D eigenvalue weighted by Crippen LogP contribution is -2.07. The first-order valence-corrected chi connectivity index (χ1v) is 10.2. The molecule has 0 aliphatic carbocycles. The second kappa shape index (κ2) is 7.79. The fourth-order valence-corrected chi connectivity index (χ4v) is 3.82. The van der Waals surface area contributed by atoms with Crippen LogP contribution in [0.2, 0.25) is 0 Å². The number of hydrogen-bond donors (Lipinski definition) is 0. The molecular formula is C19H21N5O2S. The topological polar surface area (TPSA) is 90.1 Å². The molecule has 0 amide bonds. The summed E-state index contributed by atoms with van der Waals surface area (Å²) in [6, 6.07) is 12.0. The highest BCUT2D eigenvalue weighted by atomic mass is 32.2. The molecule has 7 nitrogen and oxygen atoms in total. The number of unbranched alkanes of at least 4 members (excludes halogenated alkanes) is 1. The second-order valence-electron chi connectivity index (χ2n) is 6.16. The minimum Gasteiger partial charge on any atom is -0.244 e. The van der Waals surface area contributed by atoms with Crippen molar-refractivity contribution in [2.45, 2.75) is 43.5 Å². The van der Waals surface area contributed by atoms with Crippen LogP contribution in [0, 0.1) is 6.92 Å². The fraction of sp³-hybridized carbons (Fsp3) is 0.263. The third kappa shape index (κ3) is 3.66. The van der Waals surface area contributed by atoms with E-state index in [1.165, 1.54) is 29.6 Å². The molecule has 1 aromatic carbocycles. The molecule has 3 aromatic heterocycles. The van der Waals surface area contributed by atoms with E-state index in [-0.39, 0.29) is 15.6 Å². The van der Waals surface area contributed by atoms with E-state index in [2.05, 4.69) is 34.4 Å². The van der Waals surface area contributed by atoms with Crippen LogP contribution in [0.15, 0.2) is 58.6 Å². The van der Waals surface area contributed by atoms with E-state index < -0.39 is 9.84 Å². The van der Waals surface area contributed by atoms with Crippen molar-refractivity contribution in [3.8, 4) is 0 Å². The van der Waals surface area contributed by atoms with Gasteiger partial charge in [0.25, 0.3) is 0 Å². The number of aromatic nitrogens is 5. The molecule has 0 spiro atoms. The third-order valence-corrected chi connectivity index (χ3v) is 5.76. The van der Waals surface area contributed by atoms with Crippen LogP contribution in [0.5, 0.6) is 0 Å². The third-order valence-electron chi connectivity index (χ3n) is 4.09. The van der Waals surface area contributed by atoms with Crippen molar-refractivity contribution in [3.05, 3.63) is 54.2 Å². The molecule has 4 aromatic rings. The van der Waals surface area contributed by atoms with Gasteiger partial charge in [-0.15, -0.1) is 5.10 Å². The molecular weight excluding hydrogens is 362 g/mol. The molecule has 0 N–H and O–H groups in total. The number of tetrazole rings is 1. The number of sulfone groups is 1. The van der Waals surface area contributed by atoms with E-state index >= 15 is 0 Å². The van der Waals surface area contributed by atoms with Crippen LogP contribution in [0.4, 0.5) is 0 Å². The van der Waals surface area contributed by atoms with Gasteiger partial charge >= 0.3 is 0 Å². The van der Waals surface area contributed by atoms with Crippen LogP contribution in [0.1, 0.15) is 32.3 Å². The maximum Gasteiger partial charge on any atom is 0.227 e. The Labute approximate surface area is 158 Å². The lowest BCUT2D eigenvalue weighted by atomic mass is 10.1. The van der Waals surface area contributed by atoms with Gasteiger partial charge in [-0.25, -0.2) is 13.4 Å². The van der Waals surface area contributed by atoms with Crippen molar-refractivity contribution in [1.82, 2.24) is 25.0 Å². The van der Waals surface area contributed by atoms with Crippen molar-refractivity contribution >= 4 is 26.4 Å². The molecule has 8 heteroatoms. The summed E-state index contributed by atoms with van der Waals surface area (Å²) in [5, 5.41) is 12.1. The monoisotopic (exact) mass is 383 g/mol. The predicted molar refractivity (Wildman–Crippen MR) is 103 cm³/mol. The molecule has 4 rings (SSSR count). The molecule has 0 bridgehead atoms. The van der Waals surface area contributed by atoms with Crippen LogP contribution in [-0.2, 0) is 9.84 Å². The molecule has 27 heavy (non-hydrogen) atoms. The maximum absolute atomic E-state index is 12.9. The molecule has 140 valence electrons. The molecule has 0 aliphatic rings. The first kappa shape index (κ1) is 18.9. The Morgan fingerprint density at radius 3 is 2.48 bits per heavy atom. The van der Waals surface area contributed by atoms with Crippen molar-refractivity contribution < 1.29 is 8.42 Å². The SMILES string of the molecule is CCCC.Cc1ccc2cc(S(=O)(=O)c3ccccn3)c3nnnn3c2c1. The van der Waals surface area contributed by atoms with Gasteiger partial charge in [-0.2, -0.15) is 4.52 Å². The smallest absolute Gasteiger partial charge is 0.227 e. The highest BCUT2D eigenvalue weighted by Crippen LogP contribution is 2.27. The number of benzene rings is 1. The first-order valence-electron chi connectivity index (χ1n) is 8.76. The van der Waals surface area contributed by atoms with E-state index in [9.17, 15) is 8.42 Å². The Morgan fingerprint density at radius 2 is 1.81 bits per heavy atom. The molecule has 0 unspecified atom stereocenters. The normalized spacial score (nSPS) is 11.4. The van der Waals surface area contributed by atoms with Gasteiger partial charge < -0.3 is 0 Å². The average molecular weight is 383 g/mol. The largest absolute Gasteiger partial charge is 0.244 e. The Bertz CT molecular complexity index is 1170. The number of fused-ring (bicyclic) bond motifs is 3. The Balaban J connectivity index is 0.000000481. The van der Waals surface area contributed by atoms with E-state index in [0.29, 0.717) is 0 Å². The molecule has 0 fully saturated rings. The molecule has 3 heterocycles. The molecule has 0 aliphatic heterocycles. The Morgan fingerprint density at radius 1 is 1.04 bits per heavy atom. The van der Waals surface area contributed by atoms with Crippen LogP contribution in [-0.4, -0.2) is 33.4 Å². The fourth-order valence-electron chi connectivity index (χ4n) is 2.48. The number of aryl methyl sites for hydroxylation is 1. The molecule has 0 saturated carbocycles. The van der Waals surface area contributed by atoms with Gasteiger partial charge in [0, 0.05) is 11.6 Å². The van der Waals surface area contributed by atoms with Gasteiger partial charge in [0.1, 0.15) is 4.90 Å². The van der Waals surface area contributed by atoms with Gasteiger partial charge in [-0.05, 0) is 47.2 Å². The van der Waals surface area contributed by atoms with Crippen molar-refractivity contribution in [1.29, 1.82) is 0 Å². The summed E-state index contributed by atoms with van der Waals surface area (Å²) in [6.07, 6.45) is 4.08. The molecule has 0 atom stereocenters. The standard InChI is InChI=1S/C15H11N5O2S.C4H10/c1-10-5-6-11-9-13(15-17-18-19-20(15)12(11)8-10)23(21,22)14-4-2-3-7-16-14;1-3-4-2/h2-9H,1H3;3-4H2,1-2H3. The van der Waals surface area contributed by atoms with Gasteiger partial charge in [0.05, 0.1) is 5.52 Å². The molecule has 0 radical (unpaired) electrons. The van der Waals surface area contributed by atoms with Crippen molar-refractivity contribution in [2.24, 2.45) is 0 Å². The highest BCUT2D eigenvalue weighted by molar-refractivity contribution is 7.91. The maximum atomic E-state index is 12.9. The zero-order chi connectivity index (χ0) is 19.4. The van der Waals surface area contributed by atoms with Gasteiger partial charge in [-0.1, -0.05) is 44.9 Å². The van der Waals surface area contributed by atoms with E-state index in [0.717, 1.165) is 16.5 Å². The van der Waals surface area contributed by atoms with Gasteiger partial charge in [0.2, 0.25) is 9.84 Å². The quantitative estimate of drug-likeness (QED) is 0.537.